The molecule has 5 nitrogen and oxygen atoms in total. The standard InChI is InChI=1S/C24H22N2O3S/c1-26-21-19(28-2)13-14-20(29-3)22(21)30-24(26)25-23(27)18-11-9-17(10-12-18)15-16-7-5-4-6-8-16/h4-14H,15H2,1-3H3. The van der Waals surface area contributed by atoms with Gasteiger partial charge in [0.15, 0.2) is 4.80 Å². The predicted octanol–water partition coefficient (Wildman–Crippen LogP) is 4.59. The van der Waals surface area contributed by atoms with Crippen LogP contribution in [0.15, 0.2) is 71.7 Å². The Morgan fingerprint density at radius 1 is 0.900 bits per heavy atom. The molecule has 1 amide bonds. The highest BCUT2D eigenvalue weighted by Gasteiger charge is 2.14. The van der Waals surface area contributed by atoms with Gasteiger partial charge in [-0.3, -0.25) is 4.79 Å². The first-order valence-corrected chi connectivity index (χ1v) is 10.3. The number of methoxy groups -OCH3 is 2. The number of carbonyl (C=O) groups is 1. The molecule has 4 rings (SSSR count). The molecule has 6 heteroatoms. The summed E-state index contributed by atoms with van der Waals surface area (Å²) in [6, 6.07) is 21.6. The molecule has 0 radical (unpaired) electrons. The molecule has 0 atom stereocenters. The molecule has 0 spiro atoms. The minimum absolute atomic E-state index is 0.277. The monoisotopic (exact) mass is 418 g/mol. The van der Waals surface area contributed by atoms with Gasteiger partial charge in [0, 0.05) is 12.6 Å². The number of aromatic nitrogens is 1. The van der Waals surface area contributed by atoms with Crippen molar-refractivity contribution in [3.63, 3.8) is 0 Å². The number of nitrogens with zero attached hydrogens (tertiary/aromatic N) is 2. The van der Waals surface area contributed by atoms with Gasteiger partial charge in [0.2, 0.25) is 0 Å². The minimum atomic E-state index is -0.277. The molecule has 0 aliphatic heterocycles. The van der Waals surface area contributed by atoms with Gasteiger partial charge in [0.25, 0.3) is 5.91 Å². The predicted molar refractivity (Wildman–Crippen MR) is 119 cm³/mol. The highest BCUT2D eigenvalue weighted by atomic mass is 32.1. The maximum Gasteiger partial charge on any atom is 0.279 e. The fourth-order valence-corrected chi connectivity index (χ4v) is 4.50. The van der Waals surface area contributed by atoms with E-state index < -0.39 is 0 Å². The van der Waals surface area contributed by atoms with E-state index in [9.17, 15) is 4.79 Å². The molecule has 0 unspecified atom stereocenters. The summed E-state index contributed by atoms with van der Waals surface area (Å²) in [6.45, 7) is 0. The SMILES string of the molecule is COc1ccc(OC)c2c1sc(=NC(=O)c1ccc(Cc3ccccc3)cc1)n2C. The Morgan fingerprint density at radius 3 is 2.20 bits per heavy atom. The van der Waals surface area contributed by atoms with Gasteiger partial charge >= 0.3 is 0 Å². The number of hydrogen-bond acceptors (Lipinski definition) is 4. The van der Waals surface area contributed by atoms with Gasteiger partial charge in [0.05, 0.1) is 14.2 Å². The summed E-state index contributed by atoms with van der Waals surface area (Å²) in [7, 11) is 5.12. The summed E-state index contributed by atoms with van der Waals surface area (Å²) in [4.78, 5) is 17.7. The number of hydrogen-bond donors (Lipinski definition) is 0. The third-order valence-corrected chi connectivity index (χ3v) is 6.11. The molecule has 0 bridgehead atoms. The fourth-order valence-electron chi connectivity index (χ4n) is 3.38. The average Bonchev–Trinajstić information content (AvgIpc) is 3.10. The van der Waals surface area contributed by atoms with E-state index in [1.54, 1.807) is 14.2 Å². The topological polar surface area (TPSA) is 52.8 Å². The summed E-state index contributed by atoms with van der Waals surface area (Å²) >= 11 is 1.40. The van der Waals surface area contributed by atoms with Crippen molar-refractivity contribution in [2.24, 2.45) is 12.0 Å². The fraction of sp³-hybridized carbons (Fsp3) is 0.167. The van der Waals surface area contributed by atoms with Crippen LogP contribution >= 0.6 is 11.3 Å². The Labute approximate surface area is 178 Å². The van der Waals surface area contributed by atoms with Crippen LogP contribution in [0, 0.1) is 0 Å². The van der Waals surface area contributed by atoms with Gasteiger partial charge in [0.1, 0.15) is 21.7 Å². The quantitative estimate of drug-likeness (QED) is 0.476. The molecule has 0 saturated heterocycles. The number of rotatable bonds is 5. The molecule has 0 aliphatic carbocycles. The van der Waals surface area contributed by atoms with Gasteiger partial charge in [-0.2, -0.15) is 4.99 Å². The Hall–Kier alpha value is -3.38. The lowest BCUT2D eigenvalue weighted by molar-refractivity contribution is 0.0998. The summed E-state index contributed by atoms with van der Waals surface area (Å²) in [5.41, 5.74) is 3.80. The van der Waals surface area contributed by atoms with Crippen LogP contribution in [0.3, 0.4) is 0 Å². The van der Waals surface area contributed by atoms with E-state index in [1.807, 2.05) is 66.2 Å². The maximum atomic E-state index is 12.8. The third-order valence-electron chi connectivity index (χ3n) is 4.96. The van der Waals surface area contributed by atoms with Crippen LogP contribution in [0.25, 0.3) is 10.2 Å². The summed E-state index contributed by atoms with van der Waals surface area (Å²) in [5.74, 6) is 1.16. The first-order chi connectivity index (χ1) is 14.6. The summed E-state index contributed by atoms with van der Waals surface area (Å²) < 4.78 is 13.7. The van der Waals surface area contributed by atoms with Crippen molar-refractivity contribution in [3.05, 3.63) is 88.2 Å². The number of ether oxygens (including phenoxy) is 2. The lowest BCUT2D eigenvalue weighted by Gasteiger charge is -2.06. The van der Waals surface area contributed by atoms with Crippen LogP contribution in [-0.2, 0) is 13.5 Å². The Balaban J connectivity index is 1.66. The van der Waals surface area contributed by atoms with E-state index in [4.69, 9.17) is 9.47 Å². The van der Waals surface area contributed by atoms with Crippen molar-refractivity contribution in [1.82, 2.24) is 4.57 Å². The second kappa shape index (κ2) is 8.55. The molecular weight excluding hydrogens is 396 g/mol. The van der Waals surface area contributed by atoms with E-state index in [2.05, 4.69) is 17.1 Å². The highest BCUT2D eigenvalue weighted by molar-refractivity contribution is 7.16. The number of thiazole rings is 1. The van der Waals surface area contributed by atoms with Crippen molar-refractivity contribution in [2.75, 3.05) is 14.2 Å². The van der Waals surface area contributed by atoms with Crippen molar-refractivity contribution < 1.29 is 14.3 Å². The molecule has 0 saturated carbocycles. The van der Waals surface area contributed by atoms with Crippen molar-refractivity contribution in [2.45, 2.75) is 6.42 Å². The van der Waals surface area contributed by atoms with Gasteiger partial charge < -0.3 is 14.0 Å². The first-order valence-electron chi connectivity index (χ1n) is 9.53. The zero-order valence-corrected chi connectivity index (χ0v) is 17.9. The van der Waals surface area contributed by atoms with Crippen LogP contribution in [0.2, 0.25) is 0 Å². The molecule has 1 aromatic heterocycles. The van der Waals surface area contributed by atoms with Gasteiger partial charge in [-0.05, 0) is 41.8 Å². The molecular formula is C24H22N2O3S. The van der Waals surface area contributed by atoms with Crippen LogP contribution in [0.5, 0.6) is 11.5 Å². The lowest BCUT2D eigenvalue weighted by atomic mass is 10.0. The van der Waals surface area contributed by atoms with Crippen LogP contribution in [-0.4, -0.2) is 24.7 Å². The molecule has 0 N–H and O–H groups in total. The number of fused-ring (bicyclic) bond motifs is 1. The number of amides is 1. The molecule has 1 heterocycles. The highest BCUT2D eigenvalue weighted by Crippen LogP contribution is 2.34. The number of carbonyl (C=O) groups excluding carboxylic acids is 1. The smallest absolute Gasteiger partial charge is 0.279 e. The van der Waals surface area contributed by atoms with Gasteiger partial charge in [-0.1, -0.05) is 53.8 Å². The molecule has 0 aliphatic rings. The van der Waals surface area contributed by atoms with Crippen molar-refractivity contribution in [1.29, 1.82) is 0 Å². The molecule has 4 aromatic rings. The van der Waals surface area contributed by atoms with Gasteiger partial charge in [-0.15, -0.1) is 0 Å². The molecule has 3 aromatic carbocycles. The molecule has 0 fully saturated rings. The summed E-state index contributed by atoms with van der Waals surface area (Å²) in [6.07, 6.45) is 0.831. The van der Waals surface area contributed by atoms with Crippen molar-refractivity contribution >= 4 is 27.5 Å². The van der Waals surface area contributed by atoms with E-state index in [0.29, 0.717) is 16.1 Å². The third kappa shape index (κ3) is 3.86. The zero-order chi connectivity index (χ0) is 21.1. The van der Waals surface area contributed by atoms with Crippen LogP contribution < -0.4 is 14.3 Å². The normalized spacial score (nSPS) is 11.6. The second-order valence-electron chi connectivity index (χ2n) is 6.87. The largest absolute Gasteiger partial charge is 0.495 e. The molecule has 152 valence electrons. The zero-order valence-electron chi connectivity index (χ0n) is 17.1. The van der Waals surface area contributed by atoms with E-state index in [0.717, 1.165) is 28.0 Å². The van der Waals surface area contributed by atoms with E-state index in [-0.39, 0.29) is 5.91 Å². The average molecular weight is 419 g/mol. The minimum Gasteiger partial charge on any atom is -0.495 e. The van der Waals surface area contributed by atoms with Crippen LogP contribution in [0.4, 0.5) is 0 Å². The number of benzene rings is 3. The van der Waals surface area contributed by atoms with Crippen LogP contribution in [0.1, 0.15) is 21.5 Å². The van der Waals surface area contributed by atoms with Crippen molar-refractivity contribution in [3.8, 4) is 11.5 Å². The maximum absolute atomic E-state index is 12.8. The van der Waals surface area contributed by atoms with E-state index in [1.165, 1.54) is 16.9 Å². The Morgan fingerprint density at radius 2 is 1.53 bits per heavy atom. The lowest BCUT2D eigenvalue weighted by Crippen LogP contribution is -2.13. The second-order valence-corrected chi connectivity index (χ2v) is 7.85. The Bertz CT molecular complexity index is 1260. The molecule has 30 heavy (non-hydrogen) atoms. The van der Waals surface area contributed by atoms with E-state index >= 15 is 0 Å². The summed E-state index contributed by atoms with van der Waals surface area (Å²) in [5, 5.41) is 0. The Kier molecular flexibility index (Phi) is 5.68. The van der Waals surface area contributed by atoms with Gasteiger partial charge in [-0.25, -0.2) is 0 Å². The number of aryl methyl sites for hydroxylation is 1. The first kappa shape index (κ1) is 19.9.